The molecular formula is C12H19ClN4O. The van der Waals surface area contributed by atoms with Crippen molar-refractivity contribution < 1.29 is 4.79 Å². The van der Waals surface area contributed by atoms with Crippen molar-refractivity contribution in [3.8, 4) is 0 Å². The van der Waals surface area contributed by atoms with Gasteiger partial charge < -0.3 is 16.4 Å². The number of anilines is 1. The van der Waals surface area contributed by atoms with Crippen LogP contribution < -0.4 is 16.4 Å². The Labute approximate surface area is 112 Å². The lowest BCUT2D eigenvalue weighted by atomic mass is 10.2. The van der Waals surface area contributed by atoms with Crippen LogP contribution in [0.2, 0.25) is 5.15 Å². The van der Waals surface area contributed by atoms with Crippen LogP contribution >= 0.6 is 11.6 Å². The van der Waals surface area contributed by atoms with Crippen molar-refractivity contribution in [3.63, 3.8) is 0 Å². The number of hydrogen-bond acceptors (Lipinski definition) is 4. The molecular weight excluding hydrogens is 252 g/mol. The van der Waals surface area contributed by atoms with Crippen molar-refractivity contribution in [2.75, 3.05) is 18.4 Å². The highest BCUT2D eigenvalue weighted by atomic mass is 35.5. The molecule has 0 aliphatic rings. The molecule has 0 aliphatic heterocycles. The van der Waals surface area contributed by atoms with Gasteiger partial charge in [-0.1, -0.05) is 11.6 Å². The predicted molar refractivity (Wildman–Crippen MR) is 74.0 cm³/mol. The van der Waals surface area contributed by atoms with Crippen molar-refractivity contribution in [2.24, 2.45) is 5.73 Å². The fourth-order valence-corrected chi connectivity index (χ4v) is 1.60. The van der Waals surface area contributed by atoms with Crippen LogP contribution in [0.3, 0.4) is 0 Å². The molecule has 1 aromatic rings. The molecule has 6 heteroatoms. The van der Waals surface area contributed by atoms with Crippen molar-refractivity contribution in [1.29, 1.82) is 0 Å². The van der Waals surface area contributed by atoms with Crippen molar-refractivity contribution >= 4 is 23.2 Å². The van der Waals surface area contributed by atoms with Gasteiger partial charge in [-0.2, -0.15) is 0 Å². The molecule has 0 bridgehead atoms. The highest BCUT2D eigenvalue weighted by Crippen LogP contribution is 2.19. The van der Waals surface area contributed by atoms with Crippen molar-refractivity contribution in [1.82, 2.24) is 10.3 Å². The Morgan fingerprint density at radius 3 is 2.89 bits per heavy atom. The number of carbonyl (C=O) groups excluding carboxylic acids is 1. The van der Waals surface area contributed by atoms with Crippen LogP contribution in [0.1, 0.15) is 30.6 Å². The maximum Gasteiger partial charge on any atom is 0.254 e. The van der Waals surface area contributed by atoms with E-state index >= 15 is 0 Å². The van der Waals surface area contributed by atoms with E-state index in [-0.39, 0.29) is 11.9 Å². The smallest absolute Gasteiger partial charge is 0.254 e. The lowest BCUT2D eigenvalue weighted by Crippen LogP contribution is -2.27. The molecule has 0 saturated carbocycles. The summed E-state index contributed by atoms with van der Waals surface area (Å²) in [4.78, 5) is 15.9. The average molecular weight is 271 g/mol. The molecule has 1 rings (SSSR count). The molecule has 1 amide bonds. The largest absolute Gasteiger partial charge is 0.382 e. The summed E-state index contributed by atoms with van der Waals surface area (Å²) < 4.78 is 0. The van der Waals surface area contributed by atoms with Gasteiger partial charge in [-0.05, 0) is 32.9 Å². The Morgan fingerprint density at radius 1 is 1.56 bits per heavy atom. The highest BCUT2D eigenvalue weighted by Gasteiger charge is 2.13. The van der Waals surface area contributed by atoms with E-state index in [1.165, 1.54) is 6.20 Å². The van der Waals surface area contributed by atoms with Gasteiger partial charge in [0.1, 0.15) is 5.15 Å². The van der Waals surface area contributed by atoms with E-state index in [4.69, 9.17) is 17.3 Å². The number of nitrogens with two attached hydrogens (primary N) is 1. The molecule has 0 atom stereocenters. The Morgan fingerprint density at radius 2 is 2.28 bits per heavy atom. The Balaban J connectivity index is 2.82. The summed E-state index contributed by atoms with van der Waals surface area (Å²) in [5, 5.41) is 6.32. The predicted octanol–water partition coefficient (Wildman–Crippen LogP) is 1.63. The zero-order chi connectivity index (χ0) is 13.5. The van der Waals surface area contributed by atoms with Gasteiger partial charge in [0, 0.05) is 18.8 Å². The molecule has 5 nitrogen and oxygen atoms in total. The number of aromatic nitrogens is 1. The van der Waals surface area contributed by atoms with E-state index in [1.54, 1.807) is 6.07 Å². The van der Waals surface area contributed by atoms with Crippen molar-refractivity contribution in [3.05, 3.63) is 23.0 Å². The third-order valence-corrected chi connectivity index (χ3v) is 2.43. The lowest BCUT2D eigenvalue weighted by molar-refractivity contribution is 0.0954. The molecule has 1 aromatic heterocycles. The molecule has 0 aromatic carbocycles. The number of rotatable bonds is 6. The Bertz CT molecular complexity index is 409. The normalized spacial score (nSPS) is 10.5. The van der Waals surface area contributed by atoms with E-state index in [2.05, 4.69) is 15.6 Å². The van der Waals surface area contributed by atoms with E-state index in [9.17, 15) is 4.79 Å². The molecule has 1 heterocycles. The molecule has 0 radical (unpaired) electrons. The van der Waals surface area contributed by atoms with Crippen LogP contribution in [0.15, 0.2) is 12.3 Å². The summed E-state index contributed by atoms with van der Waals surface area (Å²) in [5.74, 6) is -0.171. The number of pyridine rings is 1. The van der Waals surface area contributed by atoms with Gasteiger partial charge in [0.05, 0.1) is 11.3 Å². The van der Waals surface area contributed by atoms with E-state index in [1.807, 2.05) is 13.8 Å². The Kier molecular flexibility index (Phi) is 5.88. The number of carbonyl (C=O) groups is 1. The van der Waals surface area contributed by atoms with E-state index < -0.39 is 0 Å². The number of hydrogen-bond donors (Lipinski definition) is 3. The molecule has 0 spiro atoms. The highest BCUT2D eigenvalue weighted by molar-refractivity contribution is 6.29. The van der Waals surface area contributed by atoms with Crippen LogP contribution in [-0.4, -0.2) is 30.0 Å². The second kappa shape index (κ2) is 7.18. The molecule has 0 unspecified atom stereocenters. The number of nitrogens with one attached hydrogen (secondary N) is 2. The molecule has 4 N–H and O–H groups in total. The standard InChI is InChI=1S/C12H19ClN4O/c1-8(2)17-10-6-11(13)16-7-9(10)12(18)15-5-3-4-14/h6-8H,3-5,14H2,1-2H3,(H,15,18)(H,16,17). The van der Waals surface area contributed by atoms with Crippen LogP contribution in [0.4, 0.5) is 5.69 Å². The summed E-state index contributed by atoms with van der Waals surface area (Å²) in [6.45, 7) is 5.09. The zero-order valence-corrected chi connectivity index (χ0v) is 11.4. The quantitative estimate of drug-likeness (QED) is 0.542. The lowest BCUT2D eigenvalue weighted by Gasteiger charge is -2.14. The van der Waals surface area contributed by atoms with Crippen LogP contribution in [0.25, 0.3) is 0 Å². The van der Waals surface area contributed by atoms with E-state index in [0.29, 0.717) is 29.5 Å². The van der Waals surface area contributed by atoms with Crippen LogP contribution in [0.5, 0.6) is 0 Å². The summed E-state index contributed by atoms with van der Waals surface area (Å²) in [7, 11) is 0. The minimum absolute atomic E-state index is 0.171. The molecule has 18 heavy (non-hydrogen) atoms. The van der Waals surface area contributed by atoms with Crippen molar-refractivity contribution in [2.45, 2.75) is 26.3 Å². The van der Waals surface area contributed by atoms with Crippen LogP contribution in [0, 0.1) is 0 Å². The Hall–Kier alpha value is -1.33. The third-order valence-electron chi connectivity index (χ3n) is 2.23. The molecule has 0 aliphatic carbocycles. The molecule has 100 valence electrons. The fraction of sp³-hybridized carbons (Fsp3) is 0.500. The number of amides is 1. The minimum atomic E-state index is -0.171. The maximum atomic E-state index is 12.0. The van der Waals surface area contributed by atoms with Gasteiger partial charge in [0.25, 0.3) is 5.91 Å². The van der Waals surface area contributed by atoms with Crippen LogP contribution in [-0.2, 0) is 0 Å². The fourth-order valence-electron chi connectivity index (χ4n) is 1.44. The summed E-state index contributed by atoms with van der Waals surface area (Å²) in [5.41, 5.74) is 6.56. The zero-order valence-electron chi connectivity index (χ0n) is 10.7. The molecule has 0 fully saturated rings. The van der Waals surface area contributed by atoms with Gasteiger partial charge in [0.2, 0.25) is 0 Å². The summed E-state index contributed by atoms with van der Waals surface area (Å²) >= 11 is 5.83. The van der Waals surface area contributed by atoms with Gasteiger partial charge >= 0.3 is 0 Å². The average Bonchev–Trinajstić information content (AvgIpc) is 2.28. The van der Waals surface area contributed by atoms with Gasteiger partial charge in [-0.25, -0.2) is 4.98 Å². The number of nitrogens with zero attached hydrogens (tertiary/aromatic N) is 1. The first-order chi connectivity index (χ1) is 8.54. The monoisotopic (exact) mass is 270 g/mol. The topological polar surface area (TPSA) is 80.0 Å². The maximum absolute atomic E-state index is 12.0. The van der Waals surface area contributed by atoms with Gasteiger partial charge in [0.15, 0.2) is 0 Å². The van der Waals surface area contributed by atoms with E-state index in [0.717, 1.165) is 6.42 Å². The second-order valence-electron chi connectivity index (χ2n) is 4.25. The molecule has 0 saturated heterocycles. The first-order valence-electron chi connectivity index (χ1n) is 5.95. The SMILES string of the molecule is CC(C)Nc1cc(Cl)ncc1C(=O)NCCCN. The van der Waals surface area contributed by atoms with Gasteiger partial charge in [-0.3, -0.25) is 4.79 Å². The third kappa shape index (κ3) is 4.50. The summed E-state index contributed by atoms with van der Waals surface area (Å²) in [6.07, 6.45) is 2.23. The number of halogens is 1. The summed E-state index contributed by atoms with van der Waals surface area (Å²) in [6, 6.07) is 1.86. The second-order valence-corrected chi connectivity index (χ2v) is 4.64. The first-order valence-corrected chi connectivity index (χ1v) is 6.32. The minimum Gasteiger partial charge on any atom is -0.382 e. The first kappa shape index (κ1) is 14.7. The van der Waals surface area contributed by atoms with Gasteiger partial charge in [-0.15, -0.1) is 0 Å².